The molecule has 0 aliphatic rings. The molecule has 0 saturated heterocycles. The molecule has 0 spiro atoms. The largest absolute Gasteiger partial charge is 0.484 e. The number of aryl methyl sites for hydroxylation is 2. The molecule has 7 heteroatoms. The van der Waals surface area contributed by atoms with Gasteiger partial charge in [0, 0.05) is 0 Å². The lowest BCUT2D eigenvalue weighted by Gasteiger charge is -2.16. The highest BCUT2D eigenvalue weighted by molar-refractivity contribution is 5.84. The molecule has 2 amide bonds. The van der Waals surface area contributed by atoms with Crippen LogP contribution in [0.3, 0.4) is 0 Å². The van der Waals surface area contributed by atoms with Crippen molar-refractivity contribution >= 4 is 17.8 Å². The zero-order chi connectivity index (χ0) is 21.2. The van der Waals surface area contributed by atoms with Gasteiger partial charge in [-0.15, -0.1) is 0 Å². The quantitative estimate of drug-likeness (QED) is 0.632. The number of hydrogen-bond donors (Lipinski definition) is 2. The zero-order valence-electron chi connectivity index (χ0n) is 16.9. The molecule has 29 heavy (non-hydrogen) atoms. The third kappa shape index (κ3) is 7.65. The molecule has 0 saturated carbocycles. The highest BCUT2D eigenvalue weighted by Gasteiger charge is 2.13. The predicted molar refractivity (Wildman–Crippen MR) is 108 cm³/mol. The first-order valence-electron chi connectivity index (χ1n) is 9.32. The van der Waals surface area contributed by atoms with E-state index in [0.717, 1.165) is 11.1 Å². The number of ether oxygens (including phenoxy) is 2. The summed E-state index contributed by atoms with van der Waals surface area (Å²) in [5.41, 5.74) is 3.29. The minimum Gasteiger partial charge on any atom is -0.484 e. The maximum absolute atomic E-state index is 12.0. The first kappa shape index (κ1) is 21.9. The molecule has 1 unspecified atom stereocenters. The van der Waals surface area contributed by atoms with Crippen LogP contribution in [0.4, 0.5) is 0 Å². The van der Waals surface area contributed by atoms with Crippen LogP contribution in [0.25, 0.3) is 0 Å². The first-order valence-corrected chi connectivity index (χ1v) is 9.32. The number of amides is 2. The average Bonchev–Trinajstić information content (AvgIpc) is 2.71. The maximum atomic E-state index is 12.0. The predicted octanol–water partition coefficient (Wildman–Crippen LogP) is 2.22. The fourth-order valence-corrected chi connectivity index (χ4v) is 2.48. The van der Waals surface area contributed by atoms with Crippen LogP contribution in [0.5, 0.6) is 5.75 Å². The Kier molecular flexibility index (Phi) is 8.21. The molecule has 2 N–H and O–H groups in total. The Balaban J connectivity index is 1.65. The maximum Gasteiger partial charge on any atom is 0.325 e. The van der Waals surface area contributed by atoms with Crippen LogP contribution in [0.1, 0.15) is 29.7 Å². The van der Waals surface area contributed by atoms with Gasteiger partial charge in [-0.3, -0.25) is 14.4 Å². The summed E-state index contributed by atoms with van der Waals surface area (Å²) in [6, 6.07) is 14.6. The van der Waals surface area contributed by atoms with E-state index < -0.39 is 24.4 Å². The lowest BCUT2D eigenvalue weighted by Crippen LogP contribution is -2.36. The third-order valence-corrected chi connectivity index (χ3v) is 4.32. The third-order valence-electron chi connectivity index (χ3n) is 4.32. The Labute approximate surface area is 170 Å². The number of benzene rings is 2. The molecule has 2 aromatic rings. The molecule has 0 radical (unpaired) electrons. The topological polar surface area (TPSA) is 93.7 Å². The molecule has 0 fully saturated rings. The molecule has 0 bridgehead atoms. The van der Waals surface area contributed by atoms with Crippen molar-refractivity contribution in [2.24, 2.45) is 0 Å². The summed E-state index contributed by atoms with van der Waals surface area (Å²) in [5, 5.41) is 5.16. The number of nitrogens with one attached hydrogen (secondary N) is 2. The summed E-state index contributed by atoms with van der Waals surface area (Å²) in [4.78, 5) is 35.4. The summed E-state index contributed by atoms with van der Waals surface area (Å²) in [5.74, 6) is -1.02. The van der Waals surface area contributed by atoms with Crippen molar-refractivity contribution in [3.63, 3.8) is 0 Å². The van der Waals surface area contributed by atoms with Gasteiger partial charge in [0.2, 0.25) is 0 Å². The second-order valence-corrected chi connectivity index (χ2v) is 6.67. The molecule has 2 aromatic carbocycles. The van der Waals surface area contributed by atoms with Gasteiger partial charge in [0.05, 0.1) is 6.04 Å². The van der Waals surface area contributed by atoms with Crippen LogP contribution in [0.15, 0.2) is 48.5 Å². The van der Waals surface area contributed by atoms with E-state index in [9.17, 15) is 14.4 Å². The van der Waals surface area contributed by atoms with Crippen molar-refractivity contribution in [1.29, 1.82) is 0 Å². The monoisotopic (exact) mass is 398 g/mol. The normalized spacial score (nSPS) is 11.3. The van der Waals surface area contributed by atoms with Gasteiger partial charge in [0.1, 0.15) is 12.3 Å². The smallest absolute Gasteiger partial charge is 0.325 e. The lowest BCUT2D eigenvalue weighted by atomic mass is 10.0. The van der Waals surface area contributed by atoms with Crippen molar-refractivity contribution in [3.05, 3.63) is 65.2 Å². The first-order chi connectivity index (χ1) is 13.8. The van der Waals surface area contributed by atoms with Crippen LogP contribution >= 0.6 is 0 Å². The van der Waals surface area contributed by atoms with Gasteiger partial charge in [-0.2, -0.15) is 0 Å². The molecule has 1 atom stereocenters. The molecule has 0 aliphatic carbocycles. The standard InChI is InChI=1S/C22H26N2O5/c1-15-9-10-18(11-16(15)2)17(3)24-21(26)14-29-22(27)12-23-20(25)13-28-19-7-5-4-6-8-19/h4-11,17H,12-14H2,1-3H3,(H,23,25)(H,24,26). The molecule has 2 rings (SSSR count). The van der Waals surface area contributed by atoms with Gasteiger partial charge in [-0.25, -0.2) is 0 Å². The second kappa shape index (κ2) is 10.8. The molecule has 0 aliphatic heterocycles. The fourth-order valence-electron chi connectivity index (χ4n) is 2.48. The Bertz CT molecular complexity index is 852. The minimum atomic E-state index is -0.702. The van der Waals surface area contributed by atoms with Crippen molar-refractivity contribution in [2.45, 2.75) is 26.8 Å². The Hall–Kier alpha value is -3.35. The van der Waals surface area contributed by atoms with Gasteiger partial charge in [0.15, 0.2) is 13.2 Å². The lowest BCUT2D eigenvalue weighted by molar-refractivity contribution is -0.148. The van der Waals surface area contributed by atoms with Crippen LogP contribution in [0, 0.1) is 13.8 Å². The highest BCUT2D eigenvalue weighted by Crippen LogP contribution is 2.16. The number of esters is 1. The molecule has 0 aromatic heterocycles. The number of carbonyl (C=O) groups excluding carboxylic acids is 3. The number of hydrogen-bond acceptors (Lipinski definition) is 5. The number of rotatable bonds is 9. The van der Waals surface area contributed by atoms with Crippen molar-refractivity contribution in [2.75, 3.05) is 19.8 Å². The van der Waals surface area contributed by atoms with Gasteiger partial charge in [0.25, 0.3) is 11.8 Å². The van der Waals surface area contributed by atoms with Crippen LogP contribution in [0.2, 0.25) is 0 Å². The van der Waals surface area contributed by atoms with Crippen molar-refractivity contribution in [1.82, 2.24) is 10.6 Å². The van der Waals surface area contributed by atoms with E-state index in [0.29, 0.717) is 5.75 Å². The van der Waals surface area contributed by atoms with E-state index in [1.165, 1.54) is 5.56 Å². The summed E-state index contributed by atoms with van der Waals surface area (Å²) in [6.45, 7) is 4.92. The van der Waals surface area contributed by atoms with Gasteiger partial charge in [-0.05, 0) is 49.6 Å². The van der Waals surface area contributed by atoms with Gasteiger partial charge in [-0.1, -0.05) is 36.4 Å². The zero-order valence-corrected chi connectivity index (χ0v) is 16.9. The van der Waals surface area contributed by atoms with Crippen molar-refractivity contribution < 1.29 is 23.9 Å². The van der Waals surface area contributed by atoms with E-state index in [4.69, 9.17) is 9.47 Å². The van der Waals surface area contributed by atoms with E-state index in [1.54, 1.807) is 24.3 Å². The summed E-state index contributed by atoms with van der Waals surface area (Å²) < 4.78 is 10.2. The average molecular weight is 398 g/mol. The Morgan fingerprint density at radius 1 is 0.931 bits per heavy atom. The molecular formula is C22H26N2O5. The highest BCUT2D eigenvalue weighted by atomic mass is 16.5. The van der Waals surface area contributed by atoms with E-state index in [-0.39, 0.29) is 19.2 Å². The summed E-state index contributed by atoms with van der Waals surface area (Å²) in [7, 11) is 0. The van der Waals surface area contributed by atoms with Gasteiger partial charge < -0.3 is 20.1 Å². The van der Waals surface area contributed by atoms with Gasteiger partial charge >= 0.3 is 5.97 Å². The molecule has 7 nitrogen and oxygen atoms in total. The SMILES string of the molecule is Cc1ccc(C(C)NC(=O)COC(=O)CNC(=O)COc2ccccc2)cc1C. The Morgan fingerprint density at radius 2 is 1.66 bits per heavy atom. The molecule has 0 heterocycles. The summed E-state index contributed by atoms with van der Waals surface area (Å²) in [6.07, 6.45) is 0. The van der Waals surface area contributed by atoms with E-state index in [2.05, 4.69) is 10.6 Å². The minimum absolute atomic E-state index is 0.213. The Morgan fingerprint density at radius 3 is 2.34 bits per heavy atom. The van der Waals surface area contributed by atoms with E-state index in [1.807, 2.05) is 45.0 Å². The van der Waals surface area contributed by atoms with Crippen LogP contribution in [-0.2, 0) is 19.1 Å². The number of carbonyl (C=O) groups is 3. The van der Waals surface area contributed by atoms with E-state index >= 15 is 0 Å². The molecular weight excluding hydrogens is 372 g/mol. The number of para-hydroxylation sites is 1. The fraction of sp³-hybridized carbons (Fsp3) is 0.318. The molecule has 154 valence electrons. The summed E-state index contributed by atoms with van der Waals surface area (Å²) >= 11 is 0. The van der Waals surface area contributed by atoms with Crippen LogP contribution in [-0.4, -0.2) is 37.5 Å². The van der Waals surface area contributed by atoms with Crippen molar-refractivity contribution in [3.8, 4) is 5.75 Å². The second-order valence-electron chi connectivity index (χ2n) is 6.67. The van der Waals surface area contributed by atoms with Crippen LogP contribution < -0.4 is 15.4 Å².